The quantitative estimate of drug-likeness (QED) is 0.706. The Morgan fingerprint density at radius 1 is 1.38 bits per heavy atom. The van der Waals surface area contributed by atoms with Gasteiger partial charge >= 0.3 is 5.97 Å². The summed E-state index contributed by atoms with van der Waals surface area (Å²) in [6, 6.07) is 7.51. The maximum atomic E-state index is 11.2. The minimum atomic E-state index is -0.756. The third kappa shape index (κ3) is 1.24. The van der Waals surface area contributed by atoms with Gasteiger partial charge < -0.3 is 10.4 Å². The first-order valence-electron chi connectivity index (χ1n) is 5.52. The molecule has 82 valence electrons. The van der Waals surface area contributed by atoms with Gasteiger partial charge in [-0.25, -0.2) is 4.79 Å². The Kier molecular flexibility index (Phi) is 1.99. The van der Waals surface area contributed by atoms with Crippen molar-refractivity contribution < 1.29 is 9.90 Å². The SMILES string of the molecule is O=C(O)[C@H]1Nc2ccccc2[C@H]2C=CC[C@H]12. The highest BCUT2D eigenvalue weighted by atomic mass is 16.4. The fourth-order valence-electron chi connectivity index (χ4n) is 2.79. The summed E-state index contributed by atoms with van der Waals surface area (Å²) in [6.45, 7) is 0. The first-order valence-corrected chi connectivity index (χ1v) is 5.52. The maximum Gasteiger partial charge on any atom is 0.326 e. The molecule has 1 heterocycles. The zero-order valence-electron chi connectivity index (χ0n) is 8.76. The van der Waals surface area contributed by atoms with Crippen molar-refractivity contribution in [3.8, 4) is 0 Å². The molecule has 3 nitrogen and oxygen atoms in total. The van der Waals surface area contributed by atoms with Crippen LogP contribution in [0.4, 0.5) is 5.69 Å². The van der Waals surface area contributed by atoms with E-state index in [1.54, 1.807) is 0 Å². The monoisotopic (exact) mass is 215 g/mol. The number of aliphatic carboxylic acids is 1. The number of nitrogens with one attached hydrogen (secondary N) is 1. The predicted molar refractivity (Wildman–Crippen MR) is 61.5 cm³/mol. The van der Waals surface area contributed by atoms with Crippen LogP contribution in [-0.4, -0.2) is 17.1 Å². The zero-order valence-corrected chi connectivity index (χ0v) is 8.76. The molecule has 0 saturated carbocycles. The summed E-state index contributed by atoms with van der Waals surface area (Å²) in [5.74, 6) is -0.334. The molecule has 2 aliphatic rings. The standard InChI is InChI=1S/C13H13NO2/c15-13(16)12-10-6-3-5-8(10)9-4-1-2-7-11(9)14-12/h1-5,7-8,10,12,14H,6H2,(H,15,16)/t8-,10+,12+/m1/s1. The van der Waals surface area contributed by atoms with Gasteiger partial charge in [-0.2, -0.15) is 0 Å². The average Bonchev–Trinajstić information content (AvgIpc) is 2.76. The van der Waals surface area contributed by atoms with Crippen molar-refractivity contribution in [1.29, 1.82) is 0 Å². The van der Waals surface area contributed by atoms with Crippen molar-refractivity contribution >= 4 is 11.7 Å². The Morgan fingerprint density at radius 2 is 2.19 bits per heavy atom. The number of benzene rings is 1. The Labute approximate surface area is 93.8 Å². The van der Waals surface area contributed by atoms with Gasteiger partial charge in [-0.3, -0.25) is 0 Å². The molecule has 0 unspecified atom stereocenters. The lowest BCUT2D eigenvalue weighted by atomic mass is 9.79. The molecule has 0 fully saturated rings. The van der Waals surface area contributed by atoms with Gasteiger partial charge in [-0.05, 0) is 18.1 Å². The van der Waals surface area contributed by atoms with Crippen LogP contribution in [0, 0.1) is 5.92 Å². The molecule has 3 rings (SSSR count). The molecule has 1 aromatic carbocycles. The molecule has 0 spiro atoms. The molecule has 1 aliphatic heterocycles. The average molecular weight is 215 g/mol. The molecule has 2 N–H and O–H groups in total. The number of anilines is 1. The molecule has 0 aromatic heterocycles. The van der Waals surface area contributed by atoms with Crippen molar-refractivity contribution in [2.24, 2.45) is 5.92 Å². The Hall–Kier alpha value is -1.77. The Morgan fingerprint density at radius 3 is 3.00 bits per heavy atom. The van der Waals surface area contributed by atoms with Gasteiger partial charge in [0.1, 0.15) is 6.04 Å². The molecule has 3 atom stereocenters. The first kappa shape index (κ1) is 9.46. The number of allylic oxidation sites excluding steroid dienone is 2. The van der Waals surface area contributed by atoms with E-state index in [9.17, 15) is 9.90 Å². The van der Waals surface area contributed by atoms with E-state index in [0.717, 1.165) is 12.1 Å². The maximum absolute atomic E-state index is 11.2. The summed E-state index contributed by atoms with van der Waals surface area (Å²) in [7, 11) is 0. The Bertz CT molecular complexity index is 467. The van der Waals surface area contributed by atoms with Crippen LogP contribution in [0.1, 0.15) is 17.9 Å². The second kappa shape index (κ2) is 3.37. The van der Waals surface area contributed by atoms with E-state index in [-0.39, 0.29) is 11.8 Å². The van der Waals surface area contributed by atoms with Crippen LogP contribution in [-0.2, 0) is 4.79 Å². The summed E-state index contributed by atoms with van der Waals surface area (Å²) in [6.07, 6.45) is 5.08. The molecule has 3 heteroatoms. The lowest BCUT2D eigenvalue weighted by Crippen LogP contribution is -2.41. The highest BCUT2D eigenvalue weighted by Crippen LogP contribution is 2.44. The van der Waals surface area contributed by atoms with E-state index in [4.69, 9.17) is 0 Å². The fourth-order valence-corrected chi connectivity index (χ4v) is 2.79. The number of fused-ring (bicyclic) bond motifs is 3. The number of carbonyl (C=O) groups is 1. The number of carboxylic acids is 1. The topological polar surface area (TPSA) is 49.3 Å². The molecule has 0 radical (unpaired) electrons. The van der Waals surface area contributed by atoms with E-state index in [1.165, 1.54) is 5.56 Å². The van der Waals surface area contributed by atoms with Gasteiger partial charge in [0, 0.05) is 17.5 Å². The van der Waals surface area contributed by atoms with Crippen molar-refractivity contribution in [3.05, 3.63) is 42.0 Å². The molecule has 0 amide bonds. The van der Waals surface area contributed by atoms with Gasteiger partial charge in [0.15, 0.2) is 0 Å². The van der Waals surface area contributed by atoms with Gasteiger partial charge in [-0.15, -0.1) is 0 Å². The second-order valence-electron chi connectivity index (χ2n) is 4.40. The van der Waals surface area contributed by atoms with Gasteiger partial charge in [-0.1, -0.05) is 30.4 Å². The van der Waals surface area contributed by atoms with Gasteiger partial charge in [0.25, 0.3) is 0 Å². The van der Waals surface area contributed by atoms with Crippen LogP contribution in [0.2, 0.25) is 0 Å². The summed E-state index contributed by atoms with van der Waals surface area (Å²) in [5.41, 5.74) is 2.18. The third-order valence-corrected chi connectivity index (χ3v) is 3.54. The van der Waals surface area contributed by atoms with Gasteiger partial charge in [0.05, 0.1) is 0 Å². The predicted octanol–water partition coefficient (Wildman–Crippen LogP) is 2.22. The fraction of sp³-hybridized carbons (Fsp3) is 0.308. The molecule has 1 aromatic rings. The van der Waals surface area contributed by atoms with Crippen LogP contribution in [0.15, 0.2) is 36.4 Å². The summed E-state index contributed by atoms with van der Waals surface area (Å²) < 4.78 is 0. The number of rotatable bonds is 1. The molecule has 0 saturated heterocycles. The smallest absolute Gasteiger partial charge is 0.326 e. The number of carboxylic acid groups (broad SMARTS) is 1. The molecule has 16 heavy (non-hydrogen) atoms. The number of para-hydroxylation sites is 1. The normalized spacial score (nSPS) is 30.4. The Balaban J connectivity index is 2.08. The summed E-state index contributed by atoms with van der Waals surface area (Å²) in [5, 5.41) is 12.3. The van der Waals surface area contributed by atoms with Crippen LogP contribution in [0.3, 0.4) is 0 Å². The first-order chi connectivity index (χ1) is 7.77. The van der Waals surface area contributed by atoms with Crippen LogP contribution in [0.25, 0.3) is 0 Å². The van der Waals surface area contributed by atoms with E-state index >= 15 is 0 Å². The van der Waals surface area contributed by atoms with Gasteiger partial charge in [0.2, 0.25) is 0 Å². The van der Waals surface area contributed by atoms with Crippen molar-refractivity contribution in [2.75, 3.05) is 5.32 Å². The zero-order chi connectivity index (χ0) is 11.1. The lowest BCUT2D eigenvalue weighted by molar-refractivity contribution is -0.139. The molecule has 0 bridgehead atoms. The summed E-state index contributed by atoms with van der Waals surface area (Å²) >= 11 is 0. The third-order valence-electron chi connectivity index (χ3n) is 3.54. The number of hydrogen-bond acceptors (Lipinski definition) is 2. The van der Waals surface area contributed by atoms with Crippen LogP contribution < -0.4 is 5.32 Å². The number of hydrogen-bond donors (Lipinski definition) is 2. The summed E-state index contributed by atoms with van der Waals surface area (Å²) in [4.78, 5) is 11.2. The van der Waals surface area contributed by atoms with E-state index in [1.807, 2.05) is 18.2 Å². The van der Waals surface area contributed by atoms with Crippen molar-refractivity contribution in [2.45, 2.75) is 18.4 Å². The van der Waals surface area contributed by atoms with Crippen molar-refractivity contribution in [3.63, 3.8) is 0 Å². The molecular weight excluding hydrogens is 202 g/mol. The minimum Gasteiger partial charge on any atom is -0.480 e. The minimum absolute atomic E-state index is 0.160. The molecule has 1 aliphatic carbocycles. The largest absolute Gasteiger partial charge is 0.480 e. The van der Waals surface area contributed by atoms with E-state index in [2.05, 4.69) is 23.5 Å². The van der Waals surface area contributed by atoms with Crippen LogP contribution >= 0.6 is 0 Å². The molecular formula is C13H13NO2. The van der Waals surface area contributed by atoms with Crippen molar-refractivity contribution in [1.82, 2.24) is 0 Å². The van der Waals surface area contributed by atoms with E-state index < -0.39 is 12.0 Å². The highest BCUT2D eigenvalue weighted by molar-refractivity contribution is 5.80. The lowest BCUT2D eigenvalue weighted by Gasteiger charge is -2.34. The van der Waals surface area contributed by atoms with Crippen LogP contribution in [0.5, 0.6) is 0 Å². The second-order valence-corrected chi connectivity index (χ2v) is 4.40. The highest BCUT2D eigenvalue weighted by Gasteiger charge is 2.40. The van der Waals surface area contributed by atoms with E-state index in [0.29, 0.717) is 0 Å².